The molecule has 2 heterocycles. The maximum atomic E-state index is 12.9. The Bertz CT molecular complexity index is 607. The number of rotatable bonds is 6. The molecule has 25 heavy (non-hydrogen) atoms. The number of carbonyl (C=O) groups is 2. The summed E-state index contributed by atoms with van der Waals surface area (Å²) in [5.41, 5.74) is 1.27. The minimum atomic E-state index is -0.0288. The molecule has 2 aliphatic rings. The van der Waals surface area contributed by atoms with Gasteiger partial charge in [-0.1, -0.05) is 37.3 Å². The Labute approximate surface area is 149 Å². The van der Waals surface area contributed by atoms with Crippen LogP contribution in [0.5, 0.6) is 0 Å². The second-order valence-corrected chi connectivity index (χ2v) is 7.09. The molecule has 0 aliphatic carbocycles. The van der Waals surface area contributed by atoms with Crippen molar-refractivity contribution in [2.24, 2.45) is 11.8 Å². The number of benzene rings is 1. The van der Waals surface area contributed by atoms with E-state index in [1.807, 2.05) is 18.2 Å². The Morgan fingerprint density at radius 1 is 1.24 bits per heavy atom. The van der Waals surface area contributed by atoms with Crippen LogP contribution in [0, 0.1) is 11.8 Å². The van der Waals surface area contributed by atoms with E-state index >= 15 is 0 Å². The first-order chi connectivity index (χ1) is 12.1. The molecule has 1 aromatic carbocycles. The van der Waals surface area contributed by atoms with Crippen molar-refractivity contribution < 1.29 is 14.3 Å². The first kappa shape index (κ1) is 17.9. The molecule has 0 bridgehead atoms. The molecule has 6 heteroatoms. The SMILES string of the molecule is COCCN1CN(C(=O)[C@@H]2CN(Cc3ccccc3)C[C@H]2C)CC1=O. The van der Waals surface area contributed by atoms with Crippen LogP contribution in [0.4, 0.5) is 0 Å². The zero-order valence-corrected chi connectivity index (χ0v) is 15.1. The first-order valence-corrected chi connectivity index (χ1v) is 8.90. The third-order valence-electron chi connectivity index (χ3n) is 5.15. The van der Waals surface area contributed by atoms with Crippen molar-refractivity contribution in [2.45, 2.75) is 13.5 Å². The second kappa shape index (κ2) is 7.97. The summed E-state index contributed by atoms with van der Waals surface area (Å²) < 4.78 is 5.03. The average Bonchev–Trinajstić information content (AvgIpc) is 3.16. The molecule has 6 nitrogen and oxygen atoms in total. The zero-order chi connectivity index (χ0) is 17.8. The van der Waals surface area contributed by atoms with Gasteiger partial charge in [0.25, 0.3) is 0 Å². The maximum absolute atomic E-state index is 12.9. The van der Waals surface area contributed by atoms with Gasteiger partial charge in [0.15, 0.2) is 0 Å². The summed E-state index contributed by atoms with van der Waals surface area (Å²) in [6.07, 6.45) is 0. The largest absolute Gasteiger partial charge is 0.383 e. The van der Waals surface area contributed by atoms with E-state index in [0.717, 1.165) is 19.6 Å². The number of hydrogen-bond acceptors (Lipinski definition) is 4. The van der Waals surface area contributed by atoms with Gasteiger partial charge in [-0.2, -0.15) is 0 Å². The van der Waals surface area contributed by atoms with E-state index in [2.05, 4.69) is 24.0 Å². The fourth-order valence-electron chi connectivity index (χ4n) is 3.74. The van der Waals surface area contributed by atoms with Gasteiger partial charge in [-0.05, 0) is 11.5 Å². The molecular weight excluding hydrogens is 318 g/mol. The molecule has 136 valence electrons. The van der Waals surface area contributed by atoms with Crippen LogP contribution in [-0.2, 0) is 20.9 Å². The van der Waals surface area contributed by atoms with Gasteiger partial charge in [-0.3, -0.25) is 14.5 Å². The predicted octanol–water partition coefficient (Wildman–Crippen LogP) is 1.03. The van der Waals surface area contributed by atoms with Gasteiger partial charge < -0.3 is 14.5 Å². The number of carbonyl (C=O) groups excluding carboxylic acids is 2. The fraction of sp³-hybridized carbons (Fsp3) is 0.579. The Balaban J connectivity index is 1.56. The highest BCUT2D eigenvalue weighted by molar-refractivity contribution is 5.89. The van der Waals surface area contributed by atoms with Gasteiger partial charge >= 0.3 is 0 Å². The first-order valence-electron chi connectivity index (χ1n) is 8.90. The molecule has 0 N–H and O–H groups in total. The van der Waals surface area contributed by atoms with Crippen molar-refractivity contribution in [1.29, 1.82) is 0 Å². The molecule has 0 unspecified atom stereocenters. The van der Waals surface area contributed by atoms with Gasteiger partial charge in [0, 0.05) is 33.3 Å². The van der Waals surface area contributed by atoms with E-state index in [-0.39, 0.29) is 24.3 Å². The molecule has 0 aromatic heterocycles. The summed E-state index contributed by atoms with van der Waals surface area (Å²) in [4.78, 5) is 30.7. The maximum Gasteiger partial charge on any atom is 0.243 e. The van der Waals surface area contributed by atoms with Crippen LogP contribution in [0.15, 0.2) is 30.3 Å². The van der Waals surface area contributed by atoms with Crippen LogP contribution in [0.25, 0.3) is 0 Å². The molecule has 0 spiro atoms. The normalized spacial score (nSPS) is 24.3. The zero-order valence-electron chi connectivity index (χ0n) is 15.1. The van der Waals surface area contributed by atoms with Crippen molar-refractivity contribution in [1.82, 2.24) is 14.7 Å². The van der Waals surface area contributed by atoms with Gasteiger partial charge in [0.2, 0.25) is 11.8 Å². The molecule has 3 rings (SSSR count). The number of likely N-dealkylation sites (tertiary alicyclic amines) is 1. The van der Waals surface area contributed by atoms with E-state index < -0.39 is 0 Å². The lowest BCUT2D eigenvalue weighted by Crippen LogP contribution is -2.39. The van der Waals surface area contributed by atoms with Crippen LogP contribution in [-0.4, -0.2) is 73.1 Å². The molecular formula is C19H27N3O3. The van der Waals surface area contributed by atoms with Crippen LogP contribution in [0.2, 0.25) is 0 Å². The number of hydrogen-bond donors (Lipinski definition) is 0. The molecule has 0 saturated carbocycles. The van der Waals surface area contributed by atoms with Crippen molar-refractivity contribution in [3.05, 3.63) is 35.9 Å². The minimum absolute atomic E-state index is 0.0113. The molecule has 2 atom stereocenters. The smallest absolute Gasteiger partial charge is 0.243 e. The lowest BCUT2D eigenvalue weighted by molar-refractivity contribution is -0.136. The number of amides is 2. The summed E-state index contributed by atoms with van der Waals surface area (Å²) in [5.74, 6) is 0.395. The van der Waals surface area contributed by atoms with Crippen LogP contribution in [0.3, 0.4) is 0 Å². The highest BCUT2D eigenvalue weighted by Gasteiger charge is 2.40. The van der Waals surface area contributed by atoms with Crippen molar-refractivity contribution in [3.63, 3.8) is 0 Å². The molecule has 2 amide bonds. The van der Waals surface area contributed by atoms with Crippen molar-refractivity contribution in [2.75, 3.05) is 46.6 Å². The Morgan fingerprint density at radius 3 is 2.72 bits per heavy atom. The van der Waals surface area contributed by atoms with E-state index in [1.54, 1.807) is 16.9 Å². The Kier molecular flexibility index (Phi) is 5.71. The number of nitrogens with zero attached hydrogens (tertiary/aromatic N) is 3. The van der Waals surface area contributed by atoms with Gasteiger partial charge in [-0.25, -0.2) is 0 Å². The summed E-state index contributed by atoms with van der Waals surface area (Å²) >= 11 is 0. The highest BCUT2D eigenvalue weighted by Crippen LogP contribution is 2.27. The Hall–Kier alpha value is -1.92. The van der Waals surface area contributed by atoms with E-state index in [9.17, 15) is 9.59 Å². The lowest BCUT2D eigenvalue weighted by Gasteiger charge is -2.22. The van der Waals surface area contributed by atoms with Crippen LogP contribution >= 0.6 is 0 Å². The summed E-state index contributed by atoms with van der Waals surface area (Å²) in [7, 11) is 1.62. The summed E-state index contributed by atoms with van der Waals surface area (Å²) in [6, 6.07) is 10.3. The highest BCUT2D eigenvalue weighted by atomic mass is 16.5. The minimum Gasteiger partial charge on any atom is -0.383 e. The molecule has 1 aromatic rings. The quantitative estimate of drug-likeness (QED) is 0.773. The van der Waals surface area contributed by atoms with E-state index in [4.69, 9.17) is 4.74 Å². The number of ether oxygens (including phenoxy) is 1. The summed E-state index contributed by atoms with van der Waals surface area (Å²) in [6.45, 7) is 6.31. The fourth-order valence-corrected chi connectivity index (χ4v) is 3.74. The van der Waals surface area contributed by atoms with Gasteiger partial charge in [0.1, 0.15) is 6.54 Å². The number of methoxy groups -OCH3 is 1. The van der Waals surface area contributed by atoms with E-state index in [1.165, 1.54) is 5.56 Å². The topological polar surface area (TPSA) is 53.1 Å². The van der Waals surface area contributed by atoms with E-state index in [0.29, 0.717) is 25.7 Å². The van der Waals surface area contributed by atoms with Crippen LogP contribution in [0.1, 0.15) is 12.5 Å². The molecule has 0 radical (unpaired) electrons. The second-order valence-electron chi connectivity index (χ2n) is 7.09. The Morgan fingerprint density at radius 2 is 2.00 bits per heavy atom. The van der Waals surface area contributed by atoms with Crippen LogP contribution < -0.4 is 0 Å². The van der Waals surface area contributed by atoms with Crippen molar-refractivity contribution in [3.8, 4) is 0 Å². The van der Waals surface area contributed by atoms with Gasteiger partial charge in [0.05, 0.1) is 19.2 Å². The average molecular weight is 345 g/mol. The third-order valence-corrected chi connectivity index (χ3v) is 5.15. The lowest BCUT2D eigenvalue weighted by atomic mass is 9.97. The standard InChI is InChI=1S/C19H27N3O3/c1-15-10-20(11-16-6-4-3-5-7-16)12-17(15)19(24)22-13-18(23)21(14-22)8-9-25-2/h3-7,15,17H,8-14H2,1-2H3/t15-,17-/m1/s1. The third kappa shape index (κ3) is 4.19. The van der Waals surface area contributed by atoms with Crippen molar-refractivity contribution >= 4 is 11.8 Å². The summed E-state index contributed by atoms with van der Waals surface area (Å²) in [5, 5.41) is 0. The molecule has 2 fully saturated rings. The predicted molar refractivity (Wildman–Crippen MR) is 94.5 cm³/mol. The monoisotopic (exact) mass is 345 g/mol. The van der Waals surface area contributed by atoms with Gasteiger partial charge in [-0.15, -0.1) is 0 Å². The molecule has 2 saturated heterocycles. The molecule has 2 aliphatic heterocycles.